The van der Waals surface area contributed by atoms with E-state index >= 15 is 0 Å². The van der Waals surface area contributed by atoms with Gasteiger partial charge in [-0.25, -0.2) is 9.37 Å². The molecule has 0 radical (unpaired) electrons. The van der Waals surface area contributed by atoms with Crippen LogP contribution in [0.2, 0.25) is 0 Å². The van der Waals surface area contributed by atoms with Crippen LogP contribution in [0.15, 0.2) is 48.8 Å². The van der Waals surface area contributed by atoms with Crippen molar-refractivity contribution in [3.8, 4) is 5.75 Å². The normalized spacial score (nSPS) is 17.3. The molecule has 27 heavy (non-hydrogen) atoms. The fraction of sp³-hybridized carbons (Fsp3) is 0.333. The molecule has 6 heteroatoms. The first-order valence-corrected chi connectivity index (χ1v) is 9.22. The third kappa shape index (κ3) is 3.79. The van der Waals surface area contributed by atoms with Gasteiger partial charge in [0.25, 0.3) is 5.91 Å². The SMILES string of the molecule is Cc1ccc2nc(C(=O)N3CCC[C@@H](COc4ccccc4F)C3)cn2c1. The standard InChI is InChI=1S/C21H22FN3O2/c1-15-8-9-20-23-18(13-25(20)11-15)21(26)24-10-4-5-16(12-24)14-27-19-7-3-2-6-17(19)22/h2-3,6-9,11,13,16H,4-5,10,12,14H2,1H3/t16-/m1/s1. The van der Waals surface area contributed by atoms with Gasteiger partial charge in [-0.1, -0.05) is 18.2 Å². The van der Waals surface area contributed by atoms with Crippen LogP contribution in [0.5, 0.6) is 5.75 Å². The number of aryl methyl sites for hydroxylation is 1. The lowest BCUT2D eigenvalue weighted by Crippen LogP contribution is -2.41. The van der Waals surface area contributed by atoms with Crippen molar-refractivity contribution in [2.75, 3.05) is 19.7 Å². The minimum absolute atomic E-state index is 0.0630. The van der Waals surface area contributed by atoms with Crippen molar-refractivity contribution in [3.05, 3.63) is 65.9 Å². The molecule has 0 saturated carbocycles. The predicted octanol–water partition coefficient (Wildman–Crippen LogP) is 3.71. The Balaban J connectivity index is 1.42. The molecular formula is C21H22FN3O2. The third-order valence-corrected chi connectivity index (χ3v) is 4.94. The molecule has 140 valence electrons. The third-order valence-electron chi connectivity index (χ3n) is 4.94. The Morgan fingerprint density at radius 2 is 2.11 bits per heavy atom. The molecule has 1 aliphatic heterocycles. The Hall–Kier alpha value is -2.89. The van der Waals surface area contributed by atoms with Gasteiger partial charge < -0.3 is 14.0 Å². The molecule has 1 aliphatic rings. The zero-order valence-electron chi connectivity index (χ0n) is 15.3. The van der Waals surface area contributed by atoms with Gasteiger partial charge in [0.2, 0.25) is 0 Å². The number of amides is 1. The molecule has 1 amide bonds. The number of carbonyl (C=O) groups is 1. The number of hydrogen-bond donors (Lipinski definition) is 0. The maximum Gasteiger partial charge on any atom is 0.274 e. The molecule has 1 atom stereocenters. The van der Waals surface area contributed by atoms with Crippen LogP contribution in [0.4, 0.5) is 4.39 Å². The smallest absolute Gasteiger partial charge is 0.274 e. The van der Waals surface area contributed by atoms with Crippen LogP contribution in [-0.2, 0) is 0 Å². The highest BCUT2D eigenvalue weighted by Crippen LogP contribution is 2.22. The fourth-order valence-corrected chi connectivity index (χ4v) is 3.52. The Kier molecular flexibility index (Phi) is 4.79. The number of pyridine rings is 1. The van der Waals surface area contributed by atoms with Gasteiger partial charge in [-0.3, -0.25) is 4.79 Å². The van der Waals surface area contributed by atoms with Gasteiger partial charge in [-0.2, -0.15) is 0 Å². The van der Waals surface area contributed by atoms with Gasteiger partial charge in [0.1, 0.15) is 11.3 Å². The average Bonchev–Trinajstić information content (AvgIpc) is 3.10. The summed E-state index contributed by atoms with van der Waals surface area (Å²) in [4.78, 5) is 19.2. The van der Waals surface area contributed by atoms with E-state index in [0.717, 1.165) is 24.1 Å². The van der Waals surface area contributed by atoms with Crippen molar-refractivity contribution >= 4 is 11.6 Å². The summed E-state index contributed by atoms with van der Waals surface area (Å²) in [5, 5.41) is 0. The fourth-order valence-electron chi connectivity index (χ4n) is 3.52. The van der Waals surface area contributed by atoms with Gasteiger partial charge in [-0.05, 0) is 43.5 Å². The number of imidazole rings is 1. The molecule has 1 aromatic carbocycles. The number of likely N-dealkylation sites (tertiary alicyclic amines) is 1. The second-order valence-electron chi connectivity index (χ2n) is 7.10. The summed E-state index contributed by atoms with van der Waals surface area (Å²) in [6, 6.07) is 10.3. The van der Waals surface area contributed by atoms with Crippen LogP contribution in [0.3, 0.4) is 0 Å². The number of rotatable bonds is 4. The van der Waals surface area contributed by atoms with Gasteiger partial charge >= 0.3 is 0 Å². The van der Waals surface area contributed by atoms with E-state index in [9.17, 15) is 9.18 Å². The highest BCUT2D eigenvalue weighted by Gasteiger charge is 2.26. The molecule has 1 saturated heterocycles. The zero-order chi connectivity index (χ0) is 18.8. The van der Waals surface area contributed by atoms with Crippen LogP contribution in [-0.4, -0.2) is 39.9 Å². The molecule has 1 fully saturated rings. The minimum atomic E-state index is -0.360. The molecule has 5 nitrogen and oxygen atoms in total. The highest BCUT2D eigenvalue weighted by molar-refractivity contribution is 5.93. The lowest BCUT2D eigenvalue weighted by atomic mass is 9.98. The maximum atomic E-state index is 13.7. The van der Waals surface area contributed by atoms with E-state index < -0.39 is 0 Å². The van der Waals surface area contributed by atoms with Gasteiger partial charge in [0.15, 0.2) is 11.6 Å². The van der Waals surface area contributed by atoms with Gasteiger partial charge in [-0.15, -0.1) is 0 Å². The zero-order valence-corrected chi connectivity index (χ0v) is 15.3. The summed E-state index contributed by atoms with van der Waals surface area (Å²) in [6.07, 6.45) is 5.61. The number of carbonyl (C=O) groups excluding carboxylic acids is 1. The Bertz CT molecular complexity index is 969. The summed E-state index contributed by atoms with van der Waals surface area (Å²) >= 11 is 0. The number of para-hydroxylation sites is 1. The molecule has 2 aromatic heterocycles. The lowest BCUT2D eigenvalue weighted by Gasteiger charge is -2.32. The van der Waals surface area contributed by atoms with Crippen molar-refractivity contribution in [1.82, 2.24) is 14.3 Å². The summed E-state index contributed by atoms with van der Waals surface area (Å²) in [6.45, 7) is 3.71. The number of ether oxygens (including phenoxy) is 1. The van der Waals surface area contributed by atoms with Crippen molar-refractivity contribution in [1.29, 1.82) is 0 Å². The highest BCUT2D eigenvalue weighted by atomic mass is 19.1. The first kappa shape index (κ1) is 17.5. The molecule has 0 spiro atoms. The van der Waals surface area contributed by atoms with E-state index in [4.69, 9.17) is 4.74 Å². The van der Waals surface area contributed by atoms with Gasteiger partial charge in [0.05, 0.1) is 6.61 Å². The predicted molar refractivity (Wildman–Crippen MR) is 100 cm³/mol. The Morgan fingerprint density at radius 1 is 1.26 bits per heavy atom. The van der Waals surface area contributed by atoms with Crippen LogP contribution >= 0.6 is 0 Å². The monoisotopic (exact) mass is 367 g/mol. The van der Waals surface area contributed by atoms with E-state index in [1.165, 1.54) is 6.07 Å². The first-order valence-electron chi connectivity index (χ1n) is 9.22. The van der Waals surface area contributed by atoms with E-state index in [0.29, 0.717) is 25.4 Å². The lowest BCUT2D eigenvalue weighted by molar-refractivity contribution is 0.0626. The molecule has 4 rings (SSSR count). The number of piperidine rings is 1. The molecule has 0 N–H and O–H groups in total. The molecular weight excluding hydrogens is 345 g/mol. The summed E-state index contributed by atoms with van der Waals surface area (Å²) in [7, 11) is 0. The number of fused-ring (bicyclic) bond motifs is 1. The summed E-state index contributed by atoms with van der Waals surface area (Å²) in [5.41, 5.74) is 2.33. The number of nitrogens with zero attached hydrogens (tertiary/aromatic N) is 3. The topological polar surface area (TPSA) is 46.8 Å². The molecule has 0 bridgehead atoms. The largest absolute Gasteiger partial charge is 0.490 e. The number of aromatic nitrogens is 2. The van der Waals surface area contributed by atoms with E-state index in [1.807, 2.05) is 34.6 Å². The quantitative estimate of drug-likeness (QED) is 0.706. The summed E-state index contributed by atoms with van der Waals surface area (Å²) in [5.74, 6) is 0.0198. The second-order valence-corrected chi connectivity index (χ2v) is 7.10. The minimum Gasteiger partial charge on any atom is -0.490 e. The van der Waals surface area contributed by atoms with Crippen LogP contribution < -0.4 is 4.74 Å². The Labute approximate surface area is 157 Å². The van der Waals surface area contributed by atoms with Crippen molar-refractivity contribution in [2.45, 2.75) is 19.8 Å². The first-order chi connectivity index (χ1) is 13.1. The van der Waals surface area contributed by atoms with E-state index in [2.05, 4.69) is 4.98 Å². The molecule has 3 heterocycles. The van der Waals surface area contributed by atoms with Crippen LogP contribution in [0, 0.1) is 18.7 Å². The second kappa shape index (κ2) is 7.39. The molecule has 0 aliphatic carbocycles. The van der Waals surface area contributed by atoms with Crippen LogP contribution in [0.25, 0.3) is 5.65 Å². The molecule has 3 aromatic rings. The Morgan fingerprint density at radius 3 is 2.96 bits per heavy atom. The van der Waals surface area contributed by atoms with Crippen molar-refractivity contribution in [2.24, 2.45) is 5.92 Å². The van der Waals surface area contributed by atoms with Crippen molar-refractivity contribution in [3.63, 3.8) is 0 Å². The summed E-state index contributed by atoms with van der Waals surface area (Å²) < 4.78 is 21.2. The van der Waals surface area contributed by atoms with Crippen LogP contribution in [0.1, 0.15) is 28.9 Å². The average molecular weight is 367 g/mol. The maximum absolute atomic E-state index is 13.7. The van der Waals surface area contributed by atoms with Crippen molar-refractivity contribution < 1.29 is 13.9 Å². The molecule has 0 unspecified atom stereocenters. The number of benzene rings is 1. The van der Waals surface area contributed by atoms with Gasteiger partial charge in [0, 0.05) is 31.4 Å². The number of halogens is 1. The number of hydrogen-bond acceptors (Lipinski definition) is 3. The van der Waals surface area contributed by atoms with E-state index in [-0.39, 0.29) is 23.4 Å². The van der Waals surface area contributed by atoms with E-state index in [1.54, 1.807) is 24.4 Å².